The highest BCUT2D eigenvalue weighted by Crippen LogP contribution is 2.30. The fraction of sp³-hybridized carbons (Fsp3) is 0.647. The van der Waals surface area contributed by atoms with Crippen LogP contribution in [0.25, 0.3) is 0 Å². The molecule has 0 bridgehead atoms. The maximum Gasteiger partial charge on any atom is 0.0223 e. The second-order valence-corrected chi connectivity index (χ2v) is 7.31. The molecule has 1 aromatic carbocycles. The van der Waals surface area contributed by atoms with Gasteiger partial charge in [0.1, 0.15) is 0 Å². The zero-order chi connectivity index (χ0) is 13.1. The molecule has 0 aromatic heterocycles. The third-order valence-electron chi connectivity index (χ3n) is 4.65. The van der Waals surface area contributed by atoms with Crippen molar-refractivity contribution in [1.29, 1.82) is 0 Å². The smallest absolute Gasteiger partial charge is 0.0223 e. The summed E-state index contributed by atoms with van der Waals surface area (Å²) in [6.07, 6.45) is 9.36. The van der Waals surface area contributed by atoms with Crippen LogP contribution in [-0.4, -0.2) is 24.1 Å². The Balaban J connectivity index is 1.68. The zero-order valence-corrected chi connectivity index (χ0v) is 12.8. The summed E-state index contributed by atoms with van der Waals surface area (Å²) in [7, 11) is 2.13. The van der Waals surface area contributed by atoms with Crippen molar-refractivity contribution in [1.82, 2.24) is 5.32 Å². The summed E-state index contributed by atoms with van der Waals surface area (Å²) in [6, 6.07) is 7.85. The number of likely N-dealkylation sites (N-methyl/N-ethyl adjacent to an activating group) is 1. The maximum absolute atomic E-state index is 3.57. The Bertz CT molecular complexity index is 423. The van der Waals surface area contributed by atoms with Crippen LogP contribution in [0, 0.1) is 0 Å². The lowest BCUT2D eigenvalue weighted by Gasteiger charge is -2.29. The predicted molar refractivity (Wildman–Crippen MR) is 85.1 cm³/mol. The molecule has 2 aliphatic rings. The van der Waals surface area contributed by atoms with Gasteiger partial charge in [0.15, 0.2) is 0 Å². The summed E-state index contributed by atoms with van der Waals surface area (Å²) >= 11 is 2.18. The van der Waals surface area contributed by atoms with Gasteiger partial charge in [0, 0.05) is 11.3 Å². The van der Waals surface area contributed by atoms with E-state index >= 15 is 0 Å². The largest absolute Gasteiger partial charge is 0.316 e. The highest BCUT2D eigenvalue weighted by atomic mass is 32.2. The molecule has 1 saturated heterocycles. The van der Waals surface area contributed by atoms with Gasteiger partial charge in [0.05, 0.1) is 0 Å². The van der Waals surface area contributed by atoms with E-state index in [9.17, 15) is 0 Å². The van der Waals surface area contributed by atoms with Gasteiger partial charge in [-0.05, 0) is 68.0 Å². The highest BCUT2D eigenvalue weighted by molar-refractivity contribution is 8.00. The van der Waals surface area contributed by atoms with Gasteiger partial charge in [0.2, 0.25) is 0 Å². The van der Waals surface area contributed by atoms with Crippen LogP contribution in [0.5, 0.6) is 0 Å². The molecule has 0 amide bonds. The average Bonchev–Trinajstić information content (AvgIpc) is 2.93. The van der Waals surface area contributed by atoms with E-state index in [2.05, 4.69) is 42.3 Å². The van der Waals surface area contributed by atoms with E-state index in [1.165, 1.54) is 56.3 Å². The van der Waals surface area contributed by atoms with Crippen molar-refractivity contribution < 1.29 is 0 Å². The van der Waals surface area contributed by atoms with E-state index in [-0.39, 0.29) is 0 Å². The monoisotopic (exact) mass is 275 g/mol. The van der Waals surface area contributed by atoms with Crippen molar-refractivity contribution in [3.63, 3.8) is 0 Å². The van der Waals surface area contributed by atoms with Crippen LogP contribution in [0.1, 0.15) is 42.4 Å². The van der Waals surface area contributed by atoms with Crippen LogP contribution in [-0.2, 0) is 19.3 Å². The minimum atomic E-state index is 0.643. The van der Waals surface area contributed by atoms with Crippen LogP contribution in [0.15, 0.2) is 18.2 Å². The van der Waals surface area contributed by atoms with Gasteiger partial charge >= 0.3 is 0 Å². The molecule has 1 aliphatic heterocycles. The number of aryl methyl sites for hydroxylation is 2. The van der Waals surface area contributed by atoms with Crippen molar-refractivity contribution in [3.8, 4) is 0 Å². The molecular weight excluding hydrogens is 250 g/mol. The Morgan fingerprint density at radius 3 is 2.89 bits per heavy atom. The van der Waals surface area contributed by atoms with Gasteiger partial charge in [-0.2, -0.15) is 11.8 Å². The van der Waals surface area contributed by atoms with Crippen LogP contribution in [0.2, 0.25) is 0 Å². The quantitative estimate of drug-likeness (QED) is 0.901. The molecule has 104 valence electrons. The minimum Gasteiger partial charge on any atom is -0.316 e. The summed E-state index contributed by atoms with van der Waals surface area (Å²) in [5.41, 5.74) is 4.74. The van der Waals surface area contributed by atoms with Crippen molar-refractivity contribution in [2.75, 3.05) is 12.8 Å². The first kappa shape index (κ1) is 13.5. The third kappa shape index (κ3) is 3.17. The number of rotatable bonds is 4. The van der Waals surface area contributed by atoms with Gasteiger partial charge in [-0.3, -0.25) is 0 Å². The molecule has 0 saturated carbocycles. The van der Waals surface area contributed by atoms with Crippen molar-refractivity contribution in [3.05, 3.63) is 34.9 Å². The third-order valence-corrected chi connectivity index (χ3v) is 6.17. The highest BCUT2D eigenvalue weighted by Gasteiger charge is 2.23. The molecule has 3 rings (SSSR count). The number of hydrogen-bond acceptors (Lipinski definition) is 2. The van der Waals surface area contributed by atoms with E-state index in [0.717, 1.165) is 5.25 Å². The molecule has 1 fully saturated rings. The maximum atomic E-state index is 3.57. The van der Waals surface area contributed by atoms with Crippen molar-refractivity contribution in [2.45, 2.75) is 56.2 Å². The van der Waals surface area contributed by atoms with Gasteiger partial charge in [-0.25, -0.2) is 0 Å². The lowest BCUT2D eigenvalue weighted by Crippen LogP contribution is -2.39. The second-order valence-electron chi connectivity index (χ2n) is 5.96. The first-order valence-electron chi connectivity index (χ1n) is 7.76. The lowest BCUT2D eigenvalue weighted by atomic mass is 9.97. The standard InChI is InChI=1S/C17H25NS/c1-18-16(17-7-2-3-10-19-17)12-13-8-9-14-5-4-6-15(14)11-13/h8-9,11,16-18H,2-7,10,12H2,1H3. The van der Waals surface area contributed by atoms with Crippen molar-refractivity contribution in [2.24, 2.45) is 0 Å². The number of benzene rings is 1. The van der Waals surface area contributed by atoms with E-state index in [4.69, 9.17) is 0 Å². The Morgan fingerprint density at radius 1 is 1.21 bits per heavy atom. The van der Waals surface area contributed by atoms with E-state index in [1.54, 1.807) is 11.1 Å². The first-order chi connectivity index (χ1) is 9.36. The van der Waals surface area contributed by atoms with Crippen LogP contribution in [0.4, 0.5) is 0 Å². The summed E-state index contributed by atoms with van der Waals surface area (Å²) < 4.78 is 0. The first-order valence-corrected chi connectivity index (χ1v) is 8.81. The Hall–Kier alpha value is -0.470. The van der Waals surface area contributed by atoms with Crippen LogP contribution >= 0.6 is 11.8 Å². The number of hydrogen-bond donors (Lipinski definition) is 1. The fourth-order valence-electron chi connectivity index (χ4n) is 3.51. The molecule has 2 unspecified atom stereocenters. The summed E-state index contributed by atoms with van der Waals surface area (Å²) in [5, 5.41) is 4.38. The van der Waals surface area contributed by atoms with Gasteiger partial charge in [-0.1, -0.05) is 24.6 Å². The molecule has 2 heteroatoms. The Morgan fingerprint density at radius 2 is 2.11 bits per heavy atom. The van der Waals surface area contributed by atoms with Crippen LogP contribution in [0.3, 0.4) is 0 Å². The normalized spacial score (nSPS) is 24.2. The number of fused-ring (bicyclic) bond motifs is 1. The van der Waals surface area contributed by atoms with Gasteiger partial charge in [0.25, 0.3) is 0 Å². The summed E-state index contributed by atoms with van der Waals surface area (Å²) in [6.45, 7) is 0. The molecule has 2 atom stereocenters. The lowest BCUT2D eigenvalue weighted by molar-refractivity contribution is 0.494. The second kappa shape index (κ2) is 6.32. The topological polar surface area (TPSA) is 12.0 Å². The molecule has 1 N–H and O–H groups in total. The van der Waals surface area contributed by atoms with Crippen molar-refractivity contribution >= 4 is 11.8 Å². The molecule has 1 nitrogen and oxygen atoms in total. The minimum absolute atomic E-state index is 0.643. The SMILES string of the molecule is CNC(Cc1ccc2c(c1)CCC2)C1CCCCS1. The Kier molecular flexibility index (Phi) is 4.49. The molecule has 1 aliphatic carbocycles. The molecule has 1 heterocycles. The number of thioether (sulfide) groups is 1. The molecule has 0 spiro atoms. The van der Waals surface area contributed by atoms with Gasteiger partial charge in [-0.15, -0.1) is 0 Å². The average molecular weight is 275 g/mol. The van der Waals surface area contributed by atoms with E-state index in [0.29, 0.717) is 6.04 Å². The summed E-state index contributed by atoms with van der Waals surface area (Å²) in [5.74, 6) is 1.35. The molecule has 0 radical (unpaired) electrons. The Labute approximate surface area is 121 Å². The molecular formula is C17H25NS. The molecule has 1 aromatic rings. The predicted octanol–water partition coefficient (Wildman–Crippen LogP) is 3.59. The molecule has 19 heavy (non-hydrogen) atoms. The number of nitrogens with one attached hydrogen (secondary N) is 1. The fourth-order valence-corrected chi connectivity index (χ4v) is 4.98. The van der Waals surface area contributed by atoms with Gasteiger partial charge < -0.3 is 5.32 Å². The zero-order valence-electron chi connectivity index (χ0n) is 12.0. The summed E-state index contributed by atoms with van der Waals surface area (Å²) in [4.78, 5) is 0. The van der Waals surface area contributed by atoms with Crippen LogP contribution < -0.4 is 5.32 Å². The van der Waals surface area contributed by atoms with E-state index in [1.807, 2.05) is 0 Å². The van der Waals surface area contributed by atoms with E-state index < -0.39 is 0 Å².